The summed E-state index contributed by atoms with van der Waals surface area (Å²) in [5.41, 5.74) is 1.27. The first-order valence-electron chi connectivity index (χ1n) is 6.79. The van der Waals surface area contributed by atoms with Gasteiger partial charge in [0.15, 0.2) is 0 Å². The van der Waals surface area contributed by atoms with Gasteiger partial charge in [-0.3, -0.25) is 0 Å². The van der Waals surface area contributed by atoms with Crippen LogP contribution in [0.3, 0.4) is 0 Å². The molecule has 0 amide bonds. The Morgan fingerprint density at radius 3 is 2.82 bits per heavy atom. The lowest BCUT2D eigenvalue weighted by Crippen LogP contribution is -2.37. The first kappa shape index (κ1) is 12.6. The second-order valence-corrected chi connectivity index (χ2v) is 4.83. The molecule has 0 aliphatic heterocycles. The number of hydrogen-bond donors (Lipinski definition) is 1. The first-order chi connectivity index (χ1) is 8.40. The summed E-state index contributed by atoms with van der Waals surface area (Å²) < 4.78 is 6.04. The van der Waals surface area contributed by atoms with Crippen LogP contribution < -0.4 is 5.32 Å². The monoisotopic (exact) mass is 233 g/mol. The molecule has 0 heterocycles. The molecule has 17 heavy (non-hydrogen) atoms. The Labute approximate surface area is 104 Å². The maximum atomic E-state index is 6.04. The zero-order valence-corrected chi connectivity index (χ0v) is 10.7. The van der Waals surface area contributed by atoms with Gasteiger partial charge in [0, 0.05) is 6.04 Å². The van der Waals surface area contributed by atoms with Crippen LogP contribution in [-0.4, -0.2) is 18.7 Å². The van der Waals surface area contributed by atoms with Crippen molar-refractivity contribution in [1.82, 2.24) is 5.32 Å². The lowest BCUT2D eigenvalue weighted by atomic mass is 10.2. The van der Waals surface area contributed by atoms with Gasteiger partial charge in [-0.1, -0.05) is 37.3 Å². The largest absolute Gasteiger partial charge is 0.372 e. The van der Waals surface area contributed by atoms with Crippen LogP contribution in [0.15, 0.2) is 30.3 Å². The second-order valence-electron chi connectivity index (χ2n) is 4.83. The highest BCUT2D eigenvalue weighted by Gasteiger charge is 2.27. The van der Waals surface area contributed by atoms with E-state index in [4.69, 9.17) is 4.74 Å². The molecule has 2 nitrogen and oxygen atoms in total. The van der Waals surface area contributed by atoms with Gasteiger partial charge in [-0.15, -0.1) is 0 Å². The smallest absolute Gasteiger partial charge is 0.0732 e. The van der Waals surface area contributed by atoms with Gasteiger partial charge in [0.25, 0.3) is 0 Å². The third kappa shape index (κ3) is 3.83. The van der Waals surface area contributed by atoms with Gasteiger partial charge in [0.05, 0.1) is 12.7 Å². The van der Waals surface area contributed by atoms with E-state index in [0.717, 1.165) is 13.2 Å². The molecule has 0 aromatic heterocycles. The summed E-state index contributed by atoms with van der Waals surface area (Å²) in [5, 5.41) is 3.59. The molecule has 2 unspecified atom stereocenters. The van der Waals surface area contributed by atoms with Crippen LogP contribution in [0, 0.1) is 0 Å². The van der Waals surface area contributed by atoms with Gasteiger partial charge < -0.3 is 10.1 Å². The summed E-state index contributed by atoms with van der Waals surface area (Å²) in [6.45, 7) is 4.06. The Morgan fingerprint density at radius 2 is 2.06 bits per heavy atom. The fourth-order valence-electron chi connectivity index (χ4n) is 2.47. The molecule has 0 saturated heterocycles. The maximum absolute atomic E-state index is 6.04. The van der Waals surface area contributed by atoms with Crippen LogP contribution in [0.4, 0.5) is 0 Å². The van der Waals surface area contributed by atoms with Crippen LogP contribution in [-0.2, 0) is 11.3 Å². The SMILES string of the molecule is CCCNC1CCCC1OCc1ccccc1. The van der Waals surface area contributed by atoms with E-state index in [-0.39, 0.29) is 0 Å². The number of nitrogens with one attached hydrogen (secondary N) is 1. The van der Waals surface area contributed by atoms with E-state index in [9.17, 15) is 0 Å². The van der Waals surface area contributed by atoms with E-state index in [2.05, 4.69) is 36.5 Å². The van der Waals surface area contributed by atoms with E-state index in [1.54, 1.807) is 0 Å². The van der Waals surface area contributed by atoms with Crippen molar-refractivity contribution in [1.29, 1.82) is 0 Å². The second kappa shape index (κ2) is 6.77. The number of rotatable bonds is 6. The van der Waals surface area contributed by atoms with Crippen molar-refractivity contribution in [3.05, 3.63) is 35.9 Å². The molecule has 1 fully saturated rings. The third-order valence-corrected chi connectivity index (χ3v) is 3.42. The molecular weight excluding hydrogens is 210 g/mol. The van der Waals surface area contributed by atoms with Gasteiger partial charge in [-0.2, -0.15) is 0 Å². The Hall–Kier alpha value is -0.860. The van der Waals surface area contributed by atoms with Gasteiger partial charge >= 0.3 is 0 Å². The molecule has 0 bridgehead atoms. The molecule has 2 atom stereocenters. The molecule has 2 heteroatoms. The van der Waals surface area contributed by atoms with Crippen molar-refractivity contribution < 1.29 is 4.74 Å². The molecule has 0 radical (unpaired) electrons. The standard InChI is InChI=1S/C15H23NO/c1-2-11-16-14-9-6-10-15(14)17-12-13-7-4-3-5-8-13/h3-5,7-8,14-16H,2,6,9-12H2,1H3. The highest BCUT2D eigenvalue weighted by molar-refractivity contribution is 5.13. The maximum Gasteiger partial charge on any atom is 0.0732 e. The Balaban J connectivity index is 1.78. The predicted molar refractivity (Wildman–Crippen MR) is 71.0 cm³/mol. The number of hydrogen-bond acceptors (Lipinski definition) is 2. The molecule has 1 aliphatic rings. The lowest BCUT2D eigenvalue weighted by Gasteiger charge is -2.21. The summed E-state index contributed by atoms with van der Waals surface area (Å²) in [6.07, 6.45) is 5.36. The van der Waals surface area contributed by atoms with Crippen LogP contribution in [0.5, 0.6) is 0 Å². The minimum atomic E-state index is 0.404. The quantitative estimate of drug-likeness (QED) is 0.815. The molecule has 2 rings (SSSR count). The molecule has 1 aromatic rings. The van der Waals surface area contributed by atoms with Gasteiger partial charge in [-0.25, -0.2) is 0 Å². The fourth-order valence-corrected chi connectivity index (χ4v) is 2.47. The highest BCUT2D eigenvalue weighted by Crippen LogP contribution is 2.23. The normalized spacial score (nSPS) is 24.1. The average molecular weight is 233 g/mol. The van der Waals surface area contributed by atoms with Crippen LogP contribution in [0.25, 0.3) is 0 Å². The third-order valence-electron chi connectivity index (χ3n) is 3.42. The van der Waals surface area contributed by atoms with Crippen molar-refractivity contribution in [2.75, 3.05) is 6.54 Å². The van der Waals surface area contributed by atoms with E-state index >= 15 is 0 Å². The molecular formula is C15H23NO. The summed E-state index contributed by atoms with van der Waals surface area (Å²) >= 11 is 0. The lowest BCUT2D eigenvalue weighted by molar-refractivity contribution is 0.0280. The summed E-state index contributed by atoms with van der Waals surface area (Å²) in [7, 11) is 0. The molecule has 0 spiro atoms. The highest BCUT2D eigenvalue weighted by atomic mass is 16.5. The molecule has 1 aromatic carbocycles. The topological polar surface area (TPSA) is 21.3 Å². The van der Waals surface area contributed by atoms with Crippen LogP contribution in [0.1, 0.15) is 38.2 Å². The predicted octanol–water partition coefficient (Wildman–Crippen LogP) is 3.12. The van der Waals surface area contributed by atoms with E-state index in [1.807, 2.05) is 6.07 Å². The minimum Gasteiger partial charge on any atom is -0.372 e. The van der Waals surface area contributed by atoms with Crippen molar-refractivity contribution in [2.24, 2.45) is 0 Å². The molecule has 1 saturated carbocycles. The fraction of sp³-hybridized carbons (Fsp3) is 0.600. The van der Waals surface area contributed by atoms with Crippen molar-refractivity contribution in [3.63, 3.8) is 0 Å². The van der Waals surface area contributed by atoms with Crippen LogP contribution in [0.2, 0.25) is 0 Å². The van der Waals surface area contributed by atoms with Crippen LogP contribution >= 0.6 is 0 Å². The molecule has 94 valence electrons. The Kier molecular flexibility index (Phi) is 5.02. The Morgan fingerprint density at radius 1 is 1.24 bits per heavy atom. The first-order valence-corrected chi connectivity index (χ1v) is 6.79. The molecule has 1 aliphatic carbocycles. The average Bonchev–Trinajstić information content (AvgIpc) is 2.82. The summed E-state index contributed by atoms with van der Waals surface area (Å²) in [4.78, 5) is 0. The zero-order valence-electron chi connectivity index (χ0n) is 10.7. The Bertz CT molecular complexity index is 312. The number of benzene rings is 1. The van der Waals surface area contributed by atoms with Gasteiger partial charge in [-0.05, 0) is 37.8 Å². The summed E-state index contributed by atoms with van der Waals surface area (Å²) in [5.74, 6) is 0. The zero-order chi connectivity index (χ0) is 11.9. The van der Waals surface area contributed by atoms with Crippen molar-refractivity contribution in [2.45, 2.75) is 51.4 Å². The van der Waals surface area contributed by atoms with E-state index in [1.165, 1.54) is 31.2 Å². The van der Waals surface area contributed by atoms with Crippen molar-refractivity contribution in [3.8, 4) is 0 Å². The minimum absolute atomic E-state index is 0.404. The van der Waals surface area contributed by atoms with E-state index < -0.39 is 0 Å². The number of ether oxygens (including phenoxy) is 1. The molecule has 1 N–H and O–H groups in total. The summed E-state index contributed by atoms with van der Waals surface area (Å²) in [6, 6.07) is 11.0. The van der Waals surface area contributed by atoms with E-state index in [0.29, 0.717) is 12.1 Å². The van der Waals surface area contributed by atoms with Crippen molar-refractivity contribution >= 4 is 0 Å². The van der Waals surface area contributed by atoms with Gasteiger partial charge in [0.2, 0.25) is 0 Å². The van der Waals surface area contributed by atoms with Gasteiger partial charge in [0.1, 0.15) is 0 Å².